The molecule has 0 saturated carbocycles. The van der Waals surface area contributed by atoms with Crippen LogP contribution in [0.3, 0.4) is 0 Å². The molecular weight excluding hydrogens is 374 g/mol. The molecule has 6 heteroatoms. The van der Waals surface area contributed by atoms with E-state index in [1.165, 1.54) is 11.1 Å². The molecule has 0 amide bonds. The van der Waals surface area contributed by atoms with E-state index in [1.54, 1.807) is 0 Å². The van der Waals surface area contributed by atoms with Gasteiger partial charge in [-0.1, -0.05) is 56.3 Å². The highest BCUT2D eigenvalue weighted by molar-refractivity contribution is 7.91. The van der Waals surface area contributed by atoms with Crippen molar-refractivity contribution < 1.29 is 18.3 Å². The van der Waals surface area contributed by atoms with Crippen LogP contribution >= 0.6 is 0 Å². The number of nitrogens with one attached hydrogen (secondary N) is 1. The van der Waals surface area contributed by atoms with Crippen LogP contribution in [-0.2, 0) is 15.3 Å². The molecule has 0 aliphatic carbocycles. The van der Waals surface area contributed by atoms with Crippen LogP contribution in [0.4, 0.5) is 0 Å². The predicted octanol–water partition coefficient (Wildman–Crippen LogP) is 2.53. The van der Waals surface area contributed by atoms with Gasteiger partial charge >= 0.3 is 0 Å². The molecule has 28 heavy (non-hydrogen) atoms. The Morgan fingerprint density at radius 3 is 2.36 bits per heavy atom. The number of hydrogen-bond donors (Lipinski definition) is 2. The first-order valence-electron chi connectivity index (χ1n) is 9.67. The van der Waals surface area contributed by atoms with Gasteiger partial charge in [-0.2, -0.15) is 0 Å². The Kier molecular flexibility index (Phi) is 6.43. The molecule has 0 spiro atoms. The smallest absolute Gasteiger partial charge is 0.151 e. The average molecular weight is 404 g/mol. The second kappa shape index (κ2) is 8.64. The lowest BCUT2D eigenvalue weighted by Crippen LogP contribution is -2.38. The SMILES string of the molecule is CC(C)(c1ccccc1)c1ccc(OC[C@H](O)CN[C@@H]2CCS(=O)(=O)C2)cc1. The third-order valence-electron chi connectivity index (χ3n) is 5.39. The standard InChI is InChI=1S/C22H29NO4S/c1-22(2,17-6-4-3-5-7-17)18-8-10-21(11-9-18)27-15-20(24)14-23-19-12-13-28(25,26)16-19/h3-11,19-20,23-24H,12-16H2,1-2H3/t19-,20-/m1/s1. The topological polar surface area (TPSA) is 75.6 Å². The van der Waals surface area contributed by atoms with E-state index in [2.05, 4.69) is 43.4 Å². The number of ether oxygens (including phenoxy) is 1. The molecule has 152 valence electrons. The maximum absolute atomic E-state index is 11.5. The van der Waals surface area contributed by atoms with Crippen molar-refractivity contribution in [2.75, 3.05) is 24.7 Å². The zero-order valence-electron chi connectivity index (χ0n) is 16.5. The molecule has 5 nitrogen and oxygen atoms in total. The fourth-order valence-corrected chi connectivity index (χ4v) is 5.21. The van der Waals surface area contributed by atoms with Gasteiger partial charge in [0.25, 0.3) is 0 Å². The second-order valence-electron chi connectivity index (χ2n) is 7.99. The van der Waals surface area contributed by atoms with Crippen LogP contribution in [0.15, 0.2) is 54.6 Å². The van der Waals surface area contributed by atoms with Gasteiger partial charge in [-0.05, 0) is 29.7 Å². The van der Waals surface area contributed by atoms with E-state index < -0.39 is 15.9 Å². The Morgan fingerprint density at radius 2 is 1.75 bits per heavy atom. The first-order valence-corrected chi connectivity index (χ1v) is 11.5. The first-order chi connectivity index (χ1) is 13.3. The summed E-state index contributed by atoms with van der Waals surface area (Å²) in [6.07, 6.45) is -0.0853. The lowest BCUT2D eigenvalue weighted by Gasteiger charge is -2.26. The summed E-state index contributed by atoms with van der Waals surface area (Å²) in [7, 11) is -2.91. The third-order valence-corrected chi connectivity index (χ3v) is 7.16. The maximum Gasteiger partial charge on any atom is 0.151 e. The van der Waals surface area contributed by atoms with Crippen molar-refractivity contribution in [2.24, 2.45) is 0 Å². The predicted molar refractivity (Wildman–Crippen MR) is 112 cm³/mol. The molecule has 2 aromatic rings. The van der Waals surface area contributed by atoms with Crippen molar-refractivity contribution in [1.29, 1.82) is 0 Å². The molecule has 1 fully saturated rings. The van der Waals surface area contributed by atoms with E-state index in [1.807, 2.05) is 30.3 Å². The van der Waals surface area contributed by atoms with Crippen molar-refractivity contribution >= 4 is 9.84 Å². The quantitative estimate of drug-likeness (QED) is 0.708. The monoisotopic (exact) mass is 403 g/mol. The van der Waals surface area contributed by atoms with Gasteiger partial charge < -0.3 is 15.2 Å². The molecular formula is C22H29NO4S. The Morgan fingerprint density at radius 1 is 1.11 bits per heavy atom. The van der Waals surface area contributed by atoms with Crippen LogP contribution in [0.2, 0.25) is 0 Å². The van der Waals surface area contributed by atoms with E-state index in [0.717, 1.165) is 0 Å². The van der Waals surface area contributed by atoms with Crippen molar-refractivity contribution in [1.82, 2.24) is 5.32 Å². The zero-order chi connectivity index (χ0) is 20.2. The molecule has 1 aliphatic rings. The van der Waals surface area contributed by atoms with Crippen molar-refractivity contribution in [3.8, 4) is 5.75 Å². The summed E-state index contributed by atoms with van der Waals surface area (Å²) < 4.78 is 28.6. The number of aliphatic hydroxyl groups is 1. The van der Waals surface area contributed by atoms with Gasteiger partial charge in [-0.3, -0.25) is 0 Å². The summed E-state index contributed by atoms with van der Waals surface area (Å²) in [5, 5.41) is 13.2. The fraction of sp³-hybridized carbons (Fsp3) is 0.455. The van der Waals surface area contributed by atoms with E-state index >= 15 is 0 Å². The Balaban J connectivity index is 1.49. The van der Waals surface area contributed by atoms with Gasteiger partial charge in [-0.25, -0.2) is 8.42 Å². The van der Waals surface area contributed by atoms with Gasteiger partial charge in [0.05, 0.1) is 11.5 Å². The van der Waals surface area contributed by atoms with Crippen LogP contribution in [0.25, 0.3) is 0 Å². The van der Waals surface area contributed by atoms with Gasteiger partial charge in [0.2, 0.25) is 0 Å². The minimum Gasteiger partial charge on any atom is -0.491 e. The molecule has 0 radical (unpaired) electrons. The van der Waals surface area contributed by atoms with Crippen LogP contribution in [0.1, 0.15) is 31.4 Å². The first kappa shape index (κ1) is 20.8. The molecule has 3 rings (SSSR count). The van der Waals surface area contributed by atoms with Crippen LogP contribution in [0.5, 0.6) is 5.75 Å². The number of hydrogen-bond acceptors (Lipinski definition) is 5. The summed E-state index contributed by atoms with van der Waals surface area (Å²) in [6, 6.07) is 18.2. The highest BCUT2D eigenvalue weighted by Crippen LogP contribution is 2.32. The molecule has 0 aromatic heterocycles. The molecule has 0 unspecified atom stereocenters. The van der Waals surface area contributed by atoms with E-state index in [4.69, 9.17) is 4.74 Å². The number of benzene rings is 2. The minimum absolute atomic E-state index is 0.0702. The highest BCUT2D eigenvalue weighted by atomic mass is 32.2. The summed E-state index contributed by atoms with van der Waals surface area (Å²) in [5.41, 5.74) is 2.33. The zero-order valence-corrected chi connectivity index (χ0v) is 17.3. The van der Waals surface area contributed by atoms with Crippen LogP contribution in [-0.4, -0.2) is 50.3 Å². The Hall–Kier alpha value is -1.89. The maximum atomic E-state index is 11.5. The van der Waals surface area contributed by atoms with E-state index in [9.17, 15) is 13.5 Å². The summed E-state index contributed by atoms with van der Waals surface area (Å²) in [6.45, 7) is 4.86. The molecule has 0 bridgehead atoms. The molecule has 1 aliphatic heterocycles. The van der Waals surface area contributed by atoms with Crippen molar-refractivity contribution in [3.63, 3.8) is 0 Å². The normalized spacial score (nSPS) is 20.0. The largest absolute Gasteiger partial charge is 0.491 e. The minimum atomic E-state index is -2.91. The highest BCUT2D eigenvalue weighted by Gasteiger charge is 2.27. The summed E-state index contributed by atoms with van der Waals surface area (Å²) >= 11 is 0. The summed E-state index contributed by atoms with van der Waals surface area (Å²) in [4.78, 5) is 0. The Bertz CT molecular complexity index is 863. The van der Waals surface area contributed by atoms with Gasteiger partial charge in [0.15, 0.2) is 9.84 Å². The summed E-state index contributed by atoms with van der Waals surface area (Å²) in [5.74, 6) is 1.08. The lowest BCUT2D eigenvalue weighted by molar-refractivity contribution is 0.104. The van der Waals surface area contributed by atoms with Gasteiger partial charge in [0.1, 0.15) is 18.5 Å². The number of sulfone groups is 1. The van der Waals surface area contributed by atoms with E-state index in [0.29, 0.717) is 18.7 Å². The van der Waals surface area contributed by atoms with Crippen LogP contribution in [0, 0.1) is 0 Å². The molecule has 1 saturated heterocycles. The van der Waals surface area contributed by atoms with Crippen molar-refractivity contribution in [3.05, 3.63) is 65.7 Å². The van der Waals surface area contributed by atoms with Gasteiger partial charge in [0, 0.05) is 18.0 Å². The third kappa shape index (κ3) is 5.34. The Labute approximate surface area is 167 Å². The van der Waals surface area contributed by atoms with Crippen molar-refractivity contribution in [2.45, 2.75) is 37.8 Å². The second-order valence-corrected chi connectivity index (χ2v) is 10.2. The molecule has 1 heterocycles. The lowest BCUT2D eigenvalue weighted by atomic mass is 9.78. The fourth-order valence-electron chi connectivity index (χ4n) is 3.50. The van der Waals surface area contributed by atoms with Gasteiger partial charge in [-0.15, -0.1) is 0 Å². The average Bonchev–Trinajstić information content (AvgIpc) is 3.04. The molecule has 2 N–H and O–H groups in total. The number of rotatable bonds is 8. The van der Waals surface area contributed by atoms with E-state index in [-0.39, 0.29) is 29.6 Å². The van der Waals surface area contributed by atoms with Crippen LogP contribution < -0.4 is 10.1 Å². The molecule has 2 aromatic carbocycles. The number of aliphatic hydroxyl groups excluding tert-OH is 1. The molecule has 2 atom stereocenters.